The molecule has 3 rings (SSSR count). The summed E-state index contributed by atoms with van der Waals surface area (Å²) in [6, 6.07) is 0.649. The lowest BCUT2D eigenvalue weighted by Crippen LogP contribution is -2.55. The van der Waals surface area contributed by atoms with Gasteiger partial charge in [0.05, 0.1) is 12.2 Å². The Morgan fingerprint density at radius 2 is 1.88 bits per heavy atom. The van der Waals surface area contributed by atoms with Crippen molar-refractivity contribution in [2.45, 2.75) is 64.2 Å². The van der Waals surface area contributed by atoms with Gasteiger partial charge in [-0.25, -0.2) is 0 Å². The van der Waals surface area contributed by atoms with Gasteiger partial charge in [-0.05, 0) is 49.9 Å². The van der Waals surface area contributed by atoms with E-state index in [4.69, 9.17) is 4.74 Å². The molecule has 0 spiro atoms. The van der Waals surface area contributed by atoms with Gasteiger partial charge >= 0.3 is 0 Å². The molecular weight excluding hydrogens is 198 g/mol. The minimum Gasteiger partial charge on any atom is -0.372 e. The molecule has 0 aromatic heterocycles. The summed E-state index contributed by atoms with van der Waals surface area (Å²) in [6.45, 7) is 5.83. The molecule has 1 N–H and O–H groups in total. The van der Waals surface area contributed by atoms with E-state index >= 15 is 0 Å². The van der Waals surface area contributed by atoms with Crippen LogP contribution in [0.25, 0.3) is 0 Å². The molecule has 2 nitrogen and oxygen atoms in total. The van der Waals surface area contributed by atoms with Crippen LogP contribution >= 0.6 is 0 Å². The average molecular weight is 223 g/mol. The van der Waals surface area contributed by atoms with Crippen molar-refractivity contribution in [3.8, 4) is 0 Å². The largest absolute Gasteiger partial charge is 0.372 e. The summed E-state index contributed by atoms with van der Waals surface area (Å²) >= 11 is 0. The van der Waals surface area contributed by atoms with Crippen molar-refractivity contribution in [2.24, 2.45) is 17.8 Å². The van der Waals surface area contributed by atoms with E-state index in [0.29, 0.717) is 18.2 Å². The molecule has 1 heterocycles. The summed E-state index contributed by atoms with van der Waals surface area (Å²) < 4.78 is 6.28. The first kappa shape index (κ1) is 11.0. The summed E-state index contributed by atoms with van der Waals surface area (Å²) in [5.74, 6) is 2.63. The molecule has 16 heavy (non-hydrogen) atoms. The topological polar surface area (TPSA) is 21.3 Å². The Bertz CT molecular complexity index is 231. The van der Waals surface area contributed by atoms with Crippen molar-refractivity contribution in [1.82, 2.24) is 5.32 Å². The van der Waals surface area contributed by atoms with Crippen molar-refractivity contribution in [1.29, 1.82) is 0 Å². The van der Waals surface area contributed by atoms with Gasteiger partial charge in [0.2, 0.25) is 0 Å². The quantitative estimate of drug-likeness (QED) is 0.777. The maximum absolute atomic E-state index is 6.28. The number of fused-ring (bicyclic) bond motifs is 1. The number of ether oxygens (including phenoxy) is 1. The molecule has 3 aliphatic rings. The standard InChI is InChI=1S/C14H25NO/c1-9(2)11-5-6-13-12(7-11)15-8-14(16-13)10-3-4-10/h9-15H,3-8H2,1-2H3. The number of hydrogen-bond donors (Lipinski definition) is 1. The van der Waals surface area contributed by atoms with E-state index in [2.05, 4.69) is 19.2 Å². The normalized spacial score (nSPS) is 44.4. The molecule has 2 aliphatic carbocycles. The van der Waals surface area contributed by atoms with E-state index in [9.17, 15) is 0 Å². The highest BCUT2D eigenvalue weighted by Crippen LogP contribution is 2.39. The molecule has 92 valence electrons. The maximum atomic E-state index is 6.28. The molecule has 0 aromatic carbocycles. The molecule has 0 amide bonds. The monoisotopic (exact) mass is 223 g/mol. The molecule has 0 radical (unpaired) electrons. The van der Waals surface area contributed by atoms with E-state index in [1.165, 1.54) is 32.1 Å². The van der Waals surface area contributed by atoms with Crippen molar-refractivity contribution >= 4 is 0 Å². The molecule has 2 saturated carbocycles. The fourth-order valence-electron chi connectivity index (χ4n) is 3.44. The fraction of sp³-hybridized carbons (Fsp3) is 1.00. The van der Waals surface area contributed by atoms with Crippen LogP contribution in [-0.4, -0.2) is 24.8 Å². The van der Waals surface area contributed by atoms with Gasteiger partial charge < -0.3 is 10.1 Å². The summed E-state index contributed by atoms with van der Waals surface area (Å²) in [7, 11) is 0. The van der Waals surface area contributed by atoms with Gasteiger partial charge in [0, 0.05) is 12.6 Å². The van der Waals surface area contributed by atoms with Crippen molar-refractivity contribution < 1.29 is 4.74 Å². The van der Waals surface area contributed by atoms with Crippen LogP contribution in [0.3, 0.4) is 0 Å². The number of nitrogens with one attached hydrogen (secondary N) is 1. The lowest BCUT2D eigenvalue weighted by molar-refractivity contribution is -0.0953. The van der Waals surface area contributed by atoms with E-state index in [-0.39, 0.29) is 0 Å². The van der Waals surface area contributed by atoms with E-state index in [0.717, 1.165) is 24.3 Å². The van der Waals surface area contributed by atoms with Gasteiger partial charge in [-0.3, -0.25) is 0 Å². The third kappa shape index (κ3) is 2.14. The van der Waals surface area contributed by atoms with Crippen LogP contribution in [0.5, 0.6) is 0 Å². The van der Waals surface area contributed by atoms with Crippen molar-refractivity contribution in [2.75, 3.05) is 6.54 Å². The smallest absolute Gasteiger partial charge is 0.0732 e. The zero-order valence-corrected chi connectivity index (χ0v) is 10.6. The van der Waals surface area contributed by atoms with Gasteiger partial charge in [-0.1, -0.05) is 13.8 Å². The van der Waals surface area contributed by atoms with Crippen LogP contribution in [0, 0.1) is 17.8 Å². The molecular formula is C14H25NO. The summed E-state index contributed by atoms with van der Waals surface area (Å²) in [4.78, 5) is 0. The summed E-state index contributed by atoms with van der Waals surface area (Å²) in [5.41, 5.74) is 0. The molecule has 2 heteroatoms. The molecule has 3 fully saturated rings. The maximum Gasteiger partial charge on any atom is 0.0732 e. The highest BCUT2D eigenvalue weighted by Gasteiger charge is 2.41. The molecule has 1 saturated heterocycles. The van der Waals surface area contributed by atoms with Gasteiger partial charge in [0.15, 0.2) is 0 Å². The van der Waals surface area contributed by atoms with E-state index in [1.54, 1.807) is 0 Å². The molecule has 0 aromatic rings. The Balaban J connectivity index is 1.57. The fourth-order valence-corrected chi connectivity index (χ4v) is 3.44. The van der Waals surface area contributed by atoms with Gasteiger partial charge in [0.1, 0.15) is 0 Å². The first-order valence-electron chi connectivity index (χ1n) is 7.13. The number of rotatable bonds is 2. The van der Waals surface area contributed by atoms with Crippen LogP contribution in [0.2, 0.25) is 0 Å². The lowest BCUT2D eigenvalue weighted by Gasteiger charge is -2.44. The zero-order valence-electron chi connectivity index (χ0n) is 10.6. The van der Waals surface area contributed by atoms with Gasteiger partial charge in [-0.15, -0.1) is 0 Å². The Hall–Kier alpha value is -0.0800. The zero-order chi connectivity index (χ0) is 11.1. The Morgan fingerprint density at radius 3 is 2.56 bits per heavy atom. The minimum atomic E-state index is 0.523. The van der Waals surface area contributed by atoms with Crippen molar-refractivity contribution in [3.63, 3.8) is 0 Å². The van der Waals surface area contributed by atoms with E-state index < -0.39 is 0 Å². The molecule has 4 atom stereocenters. The second kappa shape index (κ2) is 4.30. The van der Waals surface area contributed by atoms with Crippen LogP contribution in [0.1, 0.15) is 46.0 Å². The Labute approximate surface area is 99.1 Å². The Kier molecular flexibility index (Phi) is 2.97. The highest BCUT2D eigenvalue weighted by atomic mass is 16.5. The van der Waals surface area contributed by atoms with E-state index in [1.807, 2.05) is 0 Å². The van der Waals surface area contributed by atoms with Gasteiger partial charge in [0.25, 0.3) is 0 Å². The highest BCUT2D eigenvalue weighted by molar-refractivity contribution is 4.95. The third-order valence-corrected chi connectivity index (χ3v) is 4.85. The lowest BCUT2D eigenvalue weighted by atomic mass is 9.77. The first-order chi connectivity index (χ1) is 7.74. The second-order valence-electron chi connectivity index (χ2n) is 6.38. The van der Waals surface area contributed by atoms with Gasteiger partial charge in [-0.2, -0.15) is 0 Å². The predicted octanol–water partition coefficient (Wildman–Crippen LogP) is 2.58. The molecule has 0 bridgehead atoms. The molecule has 4 unspecified atom stereocenters. The van der Waals surface area contributed by atoms with Crippen LogP contribution in [-0.2, 0) is 4.74 Å². The predicted molar refractivity (Wildman–Crippen MR) is 65.4 cm³/mol. The summed E-state index contributed by atoms with van der Waals surface area (Å²) in [6.07, 6.45) is 7.85. The third-order valence-electron chi connectivity index (χ3n) is 4.85. The van der Waals surface area contributed by atoms with Crippen LogP contribution in [0.4, 0.5) is 0 Å². The molecule has 1 aliphatic heterocycles. The summed E-state index contributed by atoms with van der Waals surface area (Å²) in [5, 5.41) is 3.75. The Morgan fingerprint density at radius 1 is 1.06 bits per heavy atom. The number of hydrogen-bond acceptors (Lipinski definition) is 2. The van der Waals surface area contributed by atoms with Crippen LogP contribution < -0.4 is 5.32 Å². The average Bonchev–Trinajstić information content (AvgIpc) is 3.11. The van der Waals surface area contributed by atoms with Crippen LogP contribution in [0.15, 0.2) is 0 Å². The minimum absolute atomic E-state index is 0.523. The number of morpholine rings is 1. The second-order valence-corrected chi connectivity index (χ2v) is 6.38. The SMILES string of the molecule is CC(C)C1CCC2OC(C3CC3)CNC2C1. The first-order valence-corrected chi connectivity index (χ1v) is 7.13. The van der Waals surface area contributed by atoms with Crippen molar-refractivity contribution in [3.05, 3.63) is 0 Å².